The third-order valence-corrected chi connectivity index (χ3v) is 3.27. The maximum Gasteiger partial charge on any atom is 0.216 e. The van der Waals surface area contributed by atoms with Crippen LogP contribution in [-0.4, -0.2) is 24.1 Å². The number of likely N-dealkylation sites (N-methyl/N-ethyl adjacent to an activating group) is 1. The van der Waals surface area contributed by atoms with Crippen LogP contribution in [0, 0.1) is 12.7 Å². The monoisotopic (exact) mass is 275 g/mol. The Morgan fingerprint density at radius 3 is 2.85 bits per heavy atom. The minimum absolute atomic E-state index is 0.144. The van der Waals surface area contributed by atoms with E-state index >= 15 is 0 Å². The highest BCUT2D eigenvalue weighted by molar-refractivity contribution is 5.29. The number of hydrogen-bond acceptors (Lipinski definition) is 4. The largest absolute Gasteiger partial charge is 0.481 e. The van der Waals surface area contributed by atoms with Gasteiger partial charge in [-0.3, -0.25) is 0 Å². The van der Waals surface area contributed by atoms with Gasteiger partial charge in [0.2, 0.25) is 5.88 Å². The highest BCUT2D eigenvalue weighted by Crippen LogP contribution is 2.23. The average molecular weight is 275 g/mol. The molecule has 5 heteroatoms. The standard InChI is InChI=1S/C15H18FN3O/c1-10-5-4-6-12(15(10)16)13(17-2)7-11-8-14(20-3)19-9-18-11/h4-6,8-9,13,17H,7H2,1-3H3. The van der Waals surface area contributed by atoms with Gasteiger partial charge in [-0.15, -0.1) is 0 Å². The summed E-state index contributed by atoms with van der Waals surface area (Å²) < 4.78 is 19.3. The van der Waals surface area contributed by atoms with Crippen molar-refractivity contribution in [3.63, 3.8) is 0 Å². The molecule has 0 aliphatic rings. The Kier molecular flexibility index (Phi) is 4.63. The summed E-state index contributed by atoms with van der Waals surface area (Å²) in [7, 11) is 3.37. The molecular formula is C15H18FN3O. The van der Waals surface area contributed by atoms with Gasteiger partial charge in [0, 0.05) is 29.8 Å². The van der Waals surface area contributed by atoms with Gasteiger partial charge in [0.15, 0.2) is 0 Å². The van der Waals surface area contributed by atoms with Crippen LogP contribution in [-0.2, 0) is 6.42 Å². The summed E-state index contributed by atoms with van der Waals surface area (Å²) in [5.74, 6) is 0.336. The van der Waals surface area contributed by atoms with E-state index in [1.165, 1.54) is 6.33 Å². The third kappa shape index (κ3) is 3.11. The minimum Gasteiger partial charge on any atom is -0.481 e. The predicted molar refractivity (Wildman–Crippen MR) is 75.2 cm³/mol. The van der Waals surface area contributed by atoms with Gasteiger partial charge in [0.05, 0.1) is 7.11 Å². The van der Waals surface area contributed by atoms with Crippen LogP contribution < -0.4 is 10.1 Å². The van der Waals surface area contributed by atoms with Gasteiger partial charge in [-0.2, -0.15) is 0 Å². The zero-order valence-corrected chi connectivity index (χ0v) is 11.9. The van der Waals surface area contributed by atoms with E-state index < -0.39 is 0 Å². The Morgan fingerprint density at radius 2 is 2.15 bits per heavy atom. The molecule has 106 valence electrons. The Hall–Kier alpha value is -2.01. The van der Waals surface area contributed by atoms with Gasteiger partial charge < -0.3 is 10.1 Å². The van der Waals surface area contributed by atoms with Crippen molar-refractivity contribution in [2.45, 2.75) is 19.4 Å². The van der Waals surface area contributed by atoms with Crippen molar-refractivity contribution in [3.8, 4) is 5.88 Å². The molecule has 4 nitrogen and oxygen atoms in total. The summed E-state index contributed by atoms with van der Waals surface area (Å²) in [6.45, 7) is 1.76. The van der Waals surface area contributed by atoms with Crippen LogP contribution in [0.5, 0.6) is 5.88 Å². The second-order valence-corrected chi connectivity index (χ2v) is 4.58. The predicted octanol–water partition coefficient (Wildman–Crippen LogP) is 2.44. The molecule has 0 radical (unpaired) electrons. The van der Waals surface area contributed by atoms with Gasteiger partial charge >= 0.3 is 0 Å². The molecule has 20 heavy (non-hydrogen) atoms. The van der Waals surface area contributed by atoms with E-state index in [0.29, 0.717) is 23.4 Å². The Labute approximate surface area is 118 Å². The lowest BCUT2D eigenvalue weighted by atomic mass is 9.99. The van der Waals surface area contributed by atoms with E-state index in [4.69, 9.17) is 4.74 Å². The second kappa shape index (κ2) is 6.43. The summed E-state index contributed by atoms with van der Waals surface area (Å²) in [4.78, 5) is 8.17. The summed E-state index contributed by atoms with van der Waals surface area (Å²) in [6.07, 6.45) is 2.02. The summed E-state index contributed by atoms with van der Waals surface area (Å²) >= 11 is 0. The highest BCUT2D eigenvalue weighted by Gasteiger charge is 2.16. The summed E-state index contributed by atoms with van der Waals surface area (Å²) in [6, 6.07) is 7.03. The van der Waals surface area contributed by atoms with Crippen LogP contribution in [0.3, 0.4) is 0 Å². The average Bonchev–Trinajstić information content (AvgIpc) is 2.48. The van der Waals surface area contributed by atoms with Crippen LogP contribution in [0.2, 0.25) is 0 Å². The normalized spacial score (nSPS) is 12.2. The van der Waals surface area contributed by atoms with E-state index in [-0.39, 0.29) is 11.9 Å². The molecule has 1 heterocycles. The number of halogens is 1. The maximum absolute atomic E-state index is 14.2. The molecule has 2 aromatic rings. The summed E-state index contributed by atoms with van der Waals surface area (Å²) in [5.41, 5.74) is 2.09. The number of aryl methyl sites for hydroxylation is 1. The van der Waals surface area contributed by atoms with Crippen LogP contribution in [0.1, 0.15) is 22.9 Å². The molecule has 0 fully saturated rings. The van der Waals surface area contributed by atoms with Crippen molar-refractivity contribution < 1.29 is 9.13 Å². The molecule has 2 rings (SSSR count). The molecule has 1 atom stereocenters. The van der Waals surface area contributed by atoms with Crippen LogP contribution in [0.15, 0.2) is 30.6 Å². The first-order valence-corrected chi connectivity index (χ1v) is 6.43. The van der Waals surface area contributed by atoms with Crippen LogP contribution in [0.4, 0.5) is 4.39 Å². The molecule has 1 aromatic heterocycles. The lowest BCUT2D eigenvalue weighted by molar-refractivity contribution is 0.395. The van der Waals surface area contributed by atoms with Crippen molar-refractivity contribution >= 4 is 0 Å². The topological polar surface area (TPSA) is 47.0 Å². The maximum atomic E-state index is 14.2. The van der Waals surface area contributed by atoms with Crippen molar-refractivity contribution in [1.29, 1.82) is 0 Å². The lowest BCUT2D eigenvalue weighted by Gasteiger charge is -2.18. The summed E-state index contributed by atoms with van der Waals surface area (Å²) in [5, 5.41) is 3.13. The van der Waals surface area contributed by atoms with Gasteiger partial charge in [-0.25, -0.2) is 14.4 Å². The molecule has 1 N–H and O–H groups in total. The van der Waals surface area contributed by atoms with Gasteiger partial charge in [-0.05, 0) is 19.5 Å². The fraction of sp³-hybridized carbons (Fsp3) is 0.333. The lowest BCUT2D eigenvalue weighted by Crippen LogP contribution is -2.21. The van der Waals surface area contributed by atoms with Crippen LogP contribution >= 0.6 is 0 Å². The quantitative estimate of drug-likeness (QED) is 0.910. The van der Waals surface area contributed by atoms with Gasteiger partial charge in [0.1, 0.15) is 12.1 Å². The van der Waals surface area contributed by atoms with Crippen molar-refractivity contribution in [2.24, 2.45) is 0 Å². The number of benzene rings is 1. The van der Waals surface area contributed by atoms with E-state index in [0.717, 1.165) is 5.69 Å². The zero-order valence-electron chi connectivity index (χ0n) is 11.9. The van der Waals surface area contributed by atoms with Crippen molar-refractivity contribution in [1.82, 2.24) is 15.3 Å². The number of nitrogens with one attached hydrogen (secondary N) is 1. The Morgan fingerprint density at radius 1 is 1.35 bits per heavy atom. The Balaban J connectivity index is 2.26. The van der Waals surface area contributed by atoms with E-state index in [9.17, 15) is 4.39 Å². The Bertz CT molecular complexity index is 589. The van der Waals surface area contributed by atoms with Crippen LogP contribution in [0.25, 0.3) is 0 Å². The highest BCUT2D eigenvalue weighted by atomic mass is 19.1. The molecule has 1 aromatic carbocycles. The molecule has 0 amide bonds. The number of aromatic nitrogens is 2. The zero-order chi connectivity index (χ0) is 14.5. The fourth-order valence-electron chi connectivity index (χ4n) is 2.12. The number of ether oxygens (including phenoxy) is 1. The molecule has 0 saturated heterocycles. The van der Waals surface area contributed by atoms with E-state index in [1.54, 1.807) is 32.2 Å². The molecule has 0 saturated carbocycles. The SMILES string of the molecule is CNC(Cc1cc(OC)ncn1)c1cccc(C)c1F. The van der Waals surface area contributed by atoms with E-state index in [2.05, 4.69) is 15.3 Å². The van der Waals surface area contributed by atoms with E-state index in [1.807, 2.05) is 13.1 Å². The minimum atomic E-state index is -0.173. The number of rotatable bonds is 5. The van der Waals surface area contributed by atoms with Crippen molar-refractivity contribution in [2.75, 3.05) is 14.2 Å². The number of methoxy groups -OCH3 is 1. The molecule has 1 unspecified atom stereocenters. The molecule has 0 aliphatic heterocycles. The van der Waals surface area contributed by atoms with Gasteiger partial charge in [0.25, 0.3) is 0 Å². The van der Waals surface area contributed by atoms with Crippen molar-refractivity contribution in [3.05, 3.63) is 53.2 Å². The first kappa shape index (κ1) is 14.4. The van der Waals surface area contributed by atoms with Gasteiger partial charge in [-0.1, -0.05) is 18.2 Å². The number of nitrogens with zero attached hydrogens (tertiary/aromatic N) is 2. The fourth-order valence-corrected chi connectivity index (χ4v) is 2.12. The first-order valence-electron chi connectivity index (χ1n) is 6.43. The molecule has 0 aliphatic carbocycles. The third-order valence-electron chi connectivity index (χ3n) is 3.27. The molecular weight excluding hydrogens is 257 g/mol. The number of hydrogen-bond donors (Lipinski definition) is 1. The second-order valence-electron chi connectivity index (χ2n) is 4.58. The molecule has 0 bridgehead atoms. The smallest absolute Gasteiger partial charge is 0.216 e. The molecule has 0 spiro atoms. The first-order chi connectivity index (χ1) is 9.65.